The molecular formula is C12H15N5. The SMILES string of the molecule is CC(N)c1nnnn1C1Cc2ccccc2C1. The van der Waals surface area contributed by atoms with E-state index < -0.39 is 0 Å². The van der Waals surface area contributed by atoms with Crippen LogP contribution >= 0.6 is 0 Å². The van der Waals surface area contributed by atoms with Crippen molar-refractivity contribution >= 4 is 0 Å². The summed E-state index contributed by atoms with van der Waals surface area (Å²) < 4.78 is 1.88. The largest absolute Gasteiger partial charge is 0.322 e. The van der Waals surface area contributed by atoms with Crippen molar-refractivity contribution in [3.05, 3.63) is 41.2 Å². The number of hydrogen-bond acceptors (Lipinski definition) is 4. The van der Waals surface area contributed by atoms with Gasteiger partial charge in [-0.25, -0.2) is 4.68 Å². The van der Waals surface area contributed by atoms with Crippen LogP contribution in [0.1, 0.15) is 36.0 Å². The zero-order valence-corrected chi connectivity index (χ0v) is 9.74. The van der Waals surface area contributed by atoms with Crippen molar-refractivity contribution in [2.75, 3.05) is 0 Å². The van der Waals surface area contributed by atoms with E-state index in [0.717, 1.165) is 18.7 Å². The fourth-order valence-corrected chi connectivity index (χ4v) is 2.47. The second-order valence-electron chi connectivity index (χ2n) is 4.60. The molecule has 0 saturated carbocycles. The second-order valence-corrected chi connectivity index (χ2v) is 4.60. The topological polar surface area (TPSA) is 69.6 Å². The van der Waals surface area contributed by atoms with Crippen LogP contribution in [-0.2, 0) is 12.8 Å². The Bertz CT molecular complexity index is 506. The van der Waals surface area contributed by atoms with Crippen LogP contribution in [0, 0.1) is 0 Å². The maximum absolute atomic E-state index is 5.87. The van der Waals surface area contributed by atoms with Gasteiger partial charge in [-0.05, 0) is 41.3 Å². The maximum Gasteiger partial charge on any atom is 0.168 e. The van der Waals surface area contributed by atoms with Gasteiger partial charge >= 0.3 is 0 Å². The Hall–Kier alpha value is -1.75. The van der Waals surface area contributed by atoms with Crippen LogP contribution in [0.25, 0.3) is 0 Å². The van der Waals surface area contributed by atoms with Crippen molar-refractivity contribution in [3.63, 3.8) is 0 Å². The first-order valence-electron chi connectivity index (χ1n) is 5.86. The zero-order valence-electron chi connectivity index (χ0n) is 9.74. The van der Waals surface area contributed by atoms with Crippen molar-refractivity contribution in [1.82, 2.24) is 20.2 Å². The number of tetrazole rings is 1. The first kappa shape index (κ1) is 10.4. The molecule has 1 aromatic heterocycles. The van der Waals surface area contributed by atoms with Crippen molar-refractivity contribution in [3.8, 4) is 0 Å². The molecule has 1 atom stereocenters. The molecule has 1 heterocycles. The summed E-state index contributed by atoms with van der Waals surface area (Å²) in [6.07, 6.45) is 1.97. The number of nitrogens with zero attached hydrogens (tertiary/aromatic N) is 4. The molecule has 0 amide bonds. The van der Waals surface area contributed by atoms with Gasteiger partial charge in [0, 0.05) is 0 Å². The highest BCUT2D eigenvalue weighted by atomic mass is 15.6. The number of rotatable bonds is 2. The predicted molar refractivity (Wildman–Crippen MR) is 63.3 cm³/mol. The van der Waals surface area contributed by atoms with E-state index in [2.05, 4.69) is 39.8 Å². The van der Waals surface area contributed by atoms with E-state index in [0.29, 0.717) is 6.04 Å². The lowest BCUT2D eigenvalue weighted by atomic mass is 10.1. The molecule has 5 nitrogen and oxygen atoms in total. The number of fused-ring (bicyclic) bond motifs is 1. The third-order valence-electron chi connectivity index (χ3n) is 3.30. The highest BCUT2D eigenvalue weighted by Gasteiger charge is 2.26. The quantitative estimate of drug-likeness (QED) is 0.835. The Labute approximate surface area is 99.6 Å². The number of benzene rings is 1. The van der Waals surface area contributed by atoms with Crippen LogP contribution in [-0.4, -0.2) is 20.2 Å². The van der Waals surface area contributed by atoms with Gasteiger partial charge in [-0.3, -0.25) is 0 Å². The Kier molecular flexibility index (Phi) is 2.40. The fraction of sp³-hybridized carbons (Fsp3) is 0.417. The van der Waals surface area contributed by atoms with Crippen LogP contribution in [0.4, 0.5) is 0 Å². The van der Waals surface area contributed by atoms with Crippen LogP contribution < -0.4 is 5.73 Å². The van der Waals surface area contributed by atoms with Crippen molar-refractivity contribution in [2.24, 2.45) is 5.73 Å². The smallest absolute Gasteiger partial charge is 0.168 e. The van der Waals surface area contributed by atoms with E-state index >= 15 is 0 Å². The molecule has 2 aromatic rings. The minimum absolute atomic E-state index is 0.131. The Balaban J connectivity index is 1.91. The predicted octanol–water partition coefficient (Wildman–Crippen LogP) is 1.03. The van der Waals surface area contributed by atoms with Crippen LogP contribution in [0.5, 0.6) is 0 Å². The van der Waals surface area contributed by atoms with Gasteiger partial charge in [-0.1, -0.05) is 24.3 Å². The lowest BCUT2D eigenvalue weighted by Crippen LogP contribution is -2.19. The van der Waals surface area contributed by atoms with E-state index in [1.54, 1.807) is 0 Å². The van der Waals surface area contributed by atoms with Crippen LogP contribution in [0.3, 0.4) is 0 Å². The second kappa shape index (κ2) is 3.92. The highest BCUT2D eigenvalue weighted by molar-refractivity contribution is 5.32. The molecule has 0 spiro atoms. The lowest BCUT2D eigenvalue weighted by molar-refractivity contribution is 0.435. The van der Waals surface area contributed by atoms with E-state index in [4.69, 9.17) is 5.73 Å². The van der Waals surface area contributed by atoms with E-state index in [-0.39, 0.29) is 6.04 Å². The fourth-order valence-electron chi connectivity index (χ4n) is 2.47. The van der Waals surface area contributed by atoms with Gasteiger partial charge in [0.1, 0.15) is 0 Å². The Morgan fingerprint density at radius 3 is 2.53 bits per heavy atom. The average molecular weight is 229 g/mol. The van der Waals surface area contributed by atoms with Gasteiger partial charge in [0.2, 0.25) is 0 Å². The summed E-state index contributed by atoms with van der Waals surface area (Å²) in [4.78, 5) is 0. The lowest BCUT2D eigenvalue weighted by Gasteiger charge is -2.12. The summed E-state index contributed by atoms with van der Waals surface area (Å²) in [5.41, 5.74) is 8.65. The van der Waals surface area contributed by atoms with Crippen LogP contribution in [0.2, 0.25) is 0 Å². The molecular weight excluding hydrogens is 214 g/mol. The van der Waals surface area contributed by atoms with Gasteiger partial charge in [-0.15, -0.1) is 5.10 Å². The van der Waals surface area contributed by atoms with Gasteiger partial charge in [0.15, 0.2) is 5.82 Å². The molecule has 1 aromatic carbocycles. The standard InChI is InChI=1S/C12H15N5/c1-8(13)12-14-15-16-17(12)11-6-9-4-2-3-5-10(9)7-11/h2-5,8,11H,6-7,13H2,1H3. The minimum atomic E-state index is -0.131. The molecule has 0 aliphatic heterocycles. The monoisotopic (exact) mass is 229 g/mol. The molecule has 0 fully saturated rings. The number of hydrogen-bond donors (Lipinski definition) is 1. The molecule has 17 heavy (non-hydrogen) atoms. The summed E-state index contributed by atoms with van der Waals surface area (Å²) in [7, 11) is 0. The van der Waals surface area contributed by atoms with Gasteiger partial charge in [0.05, 0.1) is 12.1 Å². The highest BCUT2D eigenvalue weighted by Crippen LogP contribution is 2.30. The van der Waals surface area contributed by atoms with Crippen molar-refractivity contribution in [1.29, 1.82) is 0 Å². The summed E-state index contributed by atoms with van der Waals surface area (Å²) in [5, 5.41) is 11.8. The summed E-state index contributed by atoms with van der Waals surface area (Å²) >= 11 is 0. The third kappa shape index (κ3) is 1.72. The van der Waals surface area contributed by atoms with E-state index in [1.165, 1.54) is 11.1 Å². The summed E-state index contributed by atoms with van der Waals surface area (Å²) in [5.74, 6) is 0.766. The maximum atomic E-state index is 5.87. The molecule has 0 radical (unpaired) electrons. The number of aromatic nitrogens is 4. The summed E-state index contributed by atoms with van der Waals surface area (Å²) in [6.45, 7) is 1.91. The molecule has 5 heteroatoms. The minimum Gasteiger partial charge on any atom is -0.322 e. The molecule has 88 valence electrons. The normalized spacial score (nSPS) is 17.1. The first-order chi connectivity index (χ1) is 8.25. The molecule has 1 unspecified atom stereocenters. The molecule has 1 aliphatic carbocycles. The van der Waals surface area contributed by atoms with Crippen LogP contribution in [0.15, 0.2) is 24.3 Å². The number of nitrogens with two attached hydrogens (primary N) is 1. The molecule has 2 N–H and O–H groups in total. The summed E-state index contributed by atoms with van der Waals surface area (Å²) in [6, 6.07) is 8.67. The van der Waals surface area contributed by atoms with Gasteiger partial charge < -0.3 is 5.73 Å². The van der Waals surface area contributed by atoms with Gasteiger partial charge in [-0.2, -0.15) is 0 Å². The van der Waals surface area contributed by atoms with E-state index in [9.17, 15) is 0 Å². The molecule has 0 bridgehead atoms. The van der Waals surface area contributed by atoms with Crippen molar-refractivity contribution in [2.45, 2.75) is 31.8 Å². The Morgan fingerprint density at radius 1 is 1.29 bits per heavy atom. The average Bonchev–Trinajstić information content (AvgIpc) is 2.95. The zero-order chi connectivity index (χ0) is 11.8. The Morgan fingerprint density at radius 2 is 1.94 bits per heavy atom. The third-order valence-corrected chi connectivity index (χ3v) is 3.30. The van der Waals surface area contributed by atoms with Crippen molar-refractivity contribution < 1.29 is 0 Å². The molecule has 3 rings (SSSR count). The van der Waals surface area contributed by atoms with E-state index in [1.807, 2.05) is 11.6 Å². The molecule has 0 saturated heterocycles. The molecule has 1 aliphatic rings. The first-order valence-corrected chi connectivity index (χ1v) is 5.86. The van der Waals surface area contributed by atoms with Gasteiger partial charge in [0.25, 0.3) is 0 Å².